The third-order valence-electron chi connectivity index (χ3n) is 5.80. The smallest absolute Gasteiger partial charge is 0.388 e. The number of hydrogen-bond donors (Lipinski definition) is 5. The van der Waals surface area contributed by atoms with Crippen molar-refractivity contribution in [2.45, 2.75) is 42.8 Å². The van der Waals surface area contributed by atoms with Gasteiger partial charge in [0, 0.05) is 0 Å². The summed E-state index contributed by atoms with van der Waals surface area (Å²) < 4.78 is 51.1. The third kappa shape index (κ3) is 4.57. The molecular weight excluding hydrogens is 586 g/mol. The third-order valence-corrected chi connectivity index (χ3v) is 8.96. The zero-order valence-electron chi connectivity index (χ0n) is 17.3. The minimum absolute atomic E-state index is 0.0115. The molecule has 0 saturated carbocycles. The highest BCUT2D eigenvalue weighted by molar-refractivity contribution is 9.10. The van der Waals surface area contributed by atoms with Gasteiger partial charge in [-0.25, -0.2) is 19.1 Å². The highest BCUT2D eigenvalue weighted by atomic mass is 79.9. The van der Waals surface area contributed by atoms with Crippen LogP contribution in [0.25, 0.3) is 11.2 Å². The van der Waals surface area contributed by atoms with Crippen molar-refractivity contribution in [3.8, 4) is 0 Å². The Kier molecular flexibility index (Phi) is 6.58. The summed E-state index contributed by atoms with van der Waals surface area (Å²) in [6, 6.07) is -0.985. The quantitative estimate of drug-likeness (QED) is 0.171. The molecule has 4 aliphatic heterocycles. The molecule has 17 nitrogen and oxygen atoms in total. The van der Waals surface area contributed by atoms with Crippen molar-refractivity contribution < 1.29 is 57.1 Å². The lowest BCUT2D eigenvalue weighted by Gasteiger charge is -2.22. The minimum atomic E-state index is -5.22. The number of phosphoric ester groups is 2. The molecule has 2 fully saturated rings. The zero-order chi connectivity index (χ0) is 25.3. The summed E-state index contributed by atoms with van der Waals surface area (Å²) in [6.07, 6.45) is -7.53. The molecule has 35 heavy (non-hydrogen) atoms. The Balaban J connectivity index is 1.60. The van der Waals surface area contributed by atoms with Crippen molar-refractivity contribution in [1.29, 1.82) is 0 Å². The fraction of sp³-hybridized carbons (Fsp3) is 0.667. The number of nitrogens with zero attached hydrogens (tertiary/aromatic N) is 4. The normalized spacial score (nSPS) is 42.5. The van der Waals surface area contributed by atoms with Gasteiger partial charge >= 0.3 is 15.6 Å². The number of ether oxygens (including phenoxy) is 2. The number of imidazole rings is 1. The molecule has 2 unspecified atom stereocenters. The van der Waals surface area contributed by atoms with Crippen LogP contribution in [0, 0.1) is 0 Å². The van der Waals surface area contributed by atoms with Crippen LogP contribution in [0.2, 0.25) is 0 Å². The molecule has 6 heterocycles. The van der Waals surface area contributed by atoms with E-state index in [0.29, 0.717) is 0 Å². The second kappa shape index (κ2) is 9.02. The molecule has 194 valence electrons. The van der Waals surface area contributed by atoms with E-state index in [1.165, 1.54) is 4.57 Å². The van der Waals surface area contributed by atoms with E-state index in [9.17, 15) is 39.0 Å². The van der Waals surface area contributed by atoms with Gasteiger partial charge in [-0.1, -0.05) is 0 Å². The van der Waals surface area contributed by atoms with E-state index in [2.05, 4.69) is 39.3 Å². The van der Waals surface area contributed by atoms with Gasteiger partial charge in [0.25, 0.3) is 5.56 Å². The molecule has 0 aliphatic carbocycles. The number of aromatic nitrogens is 4. The Hall–Kier alpha value is -1.11. The fourth-order valence-corrected chi connectivity index (χ4v) is 6.71. The molecule has 2 aromatic rings. The van der Waals surface area contributed by atoms with Crippen LogP contribution in [-0.4, -0.2) is 94.5 Å². The number of phosphoric acid groups is 2. The van der Waals surface area contributed by atoms with Gasteiger partial charge in [-0.2, -0.15) is 4.31 Å². The van der Waals surface area contributed by atoms with Crippen LogP contribution in [0.1, 0.15) is 12.3 Å². The van der Waals surface area contributed by atoms with Gasteiger partial charge in [-0.15, -0.1) is 0 Å². The number of halogens is 1. The van der Waals surface area contributed by atoms with E-state index in [1.807, 2.05) is 0 Å². The molecule has 8 bridgehead atoms. The molecule has 2 aromatic heterocycles. The molecule has 5 N–H and O–H groups in total. The van der Waals surface area contributed by atoms with Crippen molar-refractivity contribution in [2.75, 3.05) is 19.8 Å². The lowest BCUT2D eigenvalue weighted by molar-refractivity contribution is -0.0516. The summed E-state index contributed by atoms with van der Waals surface area (Å²) in [6.45, 7) is -1.80. The van der Waals surface area contributed by atoms with E-state index in [-0.39, 0.29) is 22.5 Å². The predicted molar refractivity (Wildman–Crippen MR) is 113 cm³/mol. The first-order chi connectivity index (χ1) is 16.4. The van der Waals surface area contributed by atoms with Crippen molar-refractivity contribution in [3.05, 3.63) is 21.4 Å². The lowest BCUT2D eigenvalue weighted by Crippen LogP contribution is -2.36. The second-order valence-electron chi connectivity index (χ2n) is 7.97. The average molecular weight is 605 g/mol. The van der Waals surface area contributed by atoms with Crippen LogP contribution in [0.5, 0.6) is 0 Å². The Morgan fingerprint density at radius 1 is 1.00 bits per heavy atom. The van der Waals surface area contributed by atoms with Crippen molar-refractivity contribution >= 4 is 42.7 Å². The van der Waals surface area contributed by atoms with E-state index in [1.54, 1.807) is 0 Å². The second-order valence-corrected chi connectivity index (χ2v) is 11.7. The topological polar surface area (TPSA) is 234 Å². The van der Waals surface area contributed by atoms with Gasteiger partial charge in [0.05, 0.1) is 25.9 Å². The van der Waals surface area contributed by atoms with Gasteiger partial charge < -0.3 is 34.6 Å². The number of fused-ring (bicyclic) bond motifs is 7. The van der Waals surface area contributed by atoms with E-state index in [0.717, 1.165) is 10.9 Å². The Morgan fingerprint density at radius 3 is 2.34 bits per heavy atom. The molecule has 6 rings (SSSR count). The molecule has 20 heteroatoms. The number of hydrogen-bond acceptors (Lipinski definition) is 13. The first kappa shape index (κ1) is 25.5. The van der Waals surface area contributed by atoms with Crippen LogP contribution < -0.4 is 5.56 Å². The summed E-state index contributed by atoms with van der Waals surface area (Å²) in [5, 5.41) is 31.5. The molecule has 2 saturated heterocycles. The Labute approximate surface area is 203 Å². The Morgan fingerprint density at radius 2 is 1.66 bits per heavy atom. The van der Waals surface area contributed by atoms with E-state index < -0.39 is 77.2 Å². The monoisotopic (exact) mass is 604 g/mol. The molecule has 0 radical (unpaired) electrons. The first-order valence-electron chi connectivity index (χ1n) is 10.0. The molecular formula is C15H19BrN4O13P2. The lowest BCUT2D eigenvalue weighted by atomic mass is 10.1. The van der Waals surface area contributed by atoms with Gasteiger partial charge in [-0.3, -0.25) is 23.0 Å². The largest absolute Gasteiger partial charge is 0.481 e. The molecule has 0 aromatic carbocycles. The predicted octanol–water partition coefficient (Wildman–Crippen LogP) is -1.46. The summed E-state index contributed by atoms with van der Waals surface area (Å²) >= 11 is 3.17. The number of aliphatic hydroxyl groups excluding tert-OH is 3. The van der Waals surface area contributed by atoms with Crippen molar-refractivity contribution in [1.82, 2.24) is 19.1 Å². The van der Waals surface area contributed by atoms with Crippen LogP contribution >= 0.6 is 31.6 Å². The van der Waals surface area contributed by atoms with Crippen LogP contribution in [0.4, 0.5) is 0 Å². The average Bonchev–Trinajstić information content (AvgIpc) is 3.39. The van der Waals surface area contributed by atoms with Gasteiger partial charge in [0.2, 0.25) is 0 Å². The maximum absolute atomic E-state index is 13.2. The molecule has 9 atom stereocenters. The standard InChI is InChI=1S/C15H19BrN4O13P2/c16-15-18-8-12-17-4-19(13(8)24)5-1-29-6(9(5)21)2-30-34(25,26)33-35(27,28)31-3-7-10(22)11(23)14(32-7)20(12)15/h4-7,9-11,14,21-23H,1-3H2,(H,25,26)(H,27,28)/t5-,6-,7+,9-,10+,11+,14+/m0/s1. The fourth-order valence-electron chi connectivity index (χ4n) is 4.07. The first-order valence-corrected chi connectivity index (χ1v) is 13.8. The summed E-state index contributed by atoms with van der Waals surface area (Å²) in [4.78, 5) is 41.1. The molecule has 4 aliphatic rings. The van der Waals surface area contributed by atoms with Gasteiger partial charge in [0.15, 0.2) is 22.1 Å². The van der Waals surface area contributed by atoms with E-state index >= 15 is 0 Å². The van der Waals surface area contributed by atoms with Gasteiger partial charge in [0.1, 0.15) is 36.8 Å². The highest BCUT2D eigenvalue weighted by Crippen LogP contribution is 2.60. The molecule has 0 amide bonds. The van der Waals surface area contributed by atoms with Crippen molar-refractivity contribution in [2.24, 2.45) is 0 Å². The Bertz CT molecular complexity index is 1300. The zero-order valence-corrected chi connectivity index (χ0v) is 20.7. The minimum Gasteiger partial charge on any atom is -0.388 e. The maximum atomic E-state index is 13.2. The summed E-state index contributed by atoms with van der Waals surface area (Å²) in [5.41, 5.74) is -0.858. The maximum Gasteiger partial charge on any atom is 0.481 e. The number of rotatable bonds is 0. The van der Waals surface area contributed by atoms with Crippen LogP contribution in [0.3, 0.4) is 0 Å². The highest BCUT2D eigenvalue weighted by Gasteiger charge is 2.48. The van der Waals surface area contributed by atoms with E-state index in [4.69, 9.17) is 9.47 Å². The molecule has 0 spiro atoms. The SMILES string of the molecule is O=c1c2nc(Br)n3c2ncn1[C@H]1CO[C@@H](COP(=O)(O)OP(=O)(O)OC[C@H]2O[C@@H]3[C@H](O)[C@@H]2O)[C@H]1O. The summed E-state index contributed by atoms with van der Waals surface area (Å²) in [7, 11) is -10.4. The summed E-state index contributed by atoms with van der Waals surface area (Å²) in [5.74, 6) is 0. The van der Waals surface area contributed by atoms with Gasteiger partial charge in [-0.05, 0) is 15.9 Å². The number of aliphatic hydroxyl groups is 3. The van der Waals surface area contributed by atoms with Crippen LogP contribution in [0.15, 0.2) is 15.9 Å². The van der Waals surface area contributed by atoms with Crippen molar-refractivity contribution in [3.63, 3.8) is 0 Å². The van der Waals surface area contributed by atoms with Crippen LogP contribution in [-0.2, 0) is 32.0 Å².